The van der Waals surface area contributed by atoms with Crippen molar-refractivity contribution in [3.8, 4) is 0 Å². The Labute approximate surface area is 190 Å². The smallest absolute Gasteiger partial charge is 0.261 e. The first-order valence-corrected chi connectivity index (χ1v) is 12.5. The highest BCUT2D eigenvalue weighted by Crippen LogP contribution is 2.24. The molecule has 0 bridgehead atoms. The SMILES string of the molecule is C[C@@H]1C[C@H](C)CN(CCCNC(=O)c2ccc(NS(=O)(=O)c3ccccc3)cc2Cl)C1. The number of piperidine rings is 1. The lowest BCUT2D eigenvalue weighted by atomic mass is 9.92. The molecule has 6 nitrogen and oxygen atoms in total. The number of carbonyl (C=O) groups is 1. The Bertz CT molecular complexity index is 988. The lowest BCUT2D eigenvalue weighted by Gasteiger charge is -2.34. The molecule has 0 aromatic heterocycles. The number of nitrogens with zero attached hydrogens (tertiary/aromatic N) is 1. The normalized spacial score (nSPS) is 19.7. The first kappa shape index (κ1) is 23.6. The van der Waals surface area contributed by atoms with Gasteiger partial charge in [-0.15, -0.1) is 0 Å². The molecule has 0 radical (unpaired) electrons. The summed E-state index contributed by atoms with van der Waals surface area (Å²) in [5, 5.41) is 3.11. The largest absolute Gasteiger partial charge is 0.352 e. The summed E-state index contributed by atoms with van der Waals surface area (Å²) in [5.74, 6) is 1.17. The highest BCUT2D eigenvalue weighted by atomic mass is 35.5. The van der Waals surface area contributed by atoms with Gasteiger partial charge in [-0.2, -0.15) is 0 Å². The van der Waals surface area contributed by atoms with E-state index < -0.39 is 10.0 Å². The average Bonchev–Trinajstić information content (AvgIpc) is 2.71. The Balaban J connectivity index is 1.52. The number of benzene rings is 2. The highest BCUT2D eigenvalue weighted by molar-refractivity contribution is 7.92. The zero-order valence-corrected chi connectivity index (χ0v) is 19.5. The summed E-state index contributed by atoms with van der Waals surface area (Å²) in [6, 6.07) is 12.6. The monoisotopic (exact) mass is 463 g/mol. The van der Waals surface area contributed by atoms with Crippen molar-refractivity contribution in [3.05, 3.63) is 59.1 Å². The molecule has 8 heteroatoms. The molecule has 31 heavy (non-hydrogen) atoms. The molecule has 1 aliphatic rings. The second-order valence-corrected chi connectivity index (χ2v) is 10.5. The fourth-order valence-corrected chi connectivity index (χ4v) is 5.49. The first-order valence-electron chi connectivity index (χ1n) is 10.6. The molecular weight excluding hydrogens is 434 g/mol. The van der Waals surface area contributed by atoms with E-state index in [-0.39, 0.29) is 15.8 Å². The van der Waals surface area contributed by atoms with Crippen molar-refractivity contribution in [2.24, 2.45) is 11.8 Å². The van der Waals surface area contributed by atoms with E-state index in [9.17, 15) is 13.2 Å². The quantitative estimate of drug-likeness (QED) is 0.574. The van der Waals surface area contributed by atoms with Crippen LogP contribution in [0.15, 0.2) is 53.4 Å². The van der Waals surface area contributed by atoms with Crippen molar-refractivity contribution in [2.45, 2.75) is 31.6 Å². The summed E-state index contributed by atoms with van der Waals surface area (Å²) in [5.41, 5.74) is 0.628. The molecule has 0 unspecified atom stereocenters. The predicted octanol–water partition coefficient (Wildman–Crippen LogP) is 4.24. The number of sulfonamides is 1. The second-order valence-electron chi connectivity index (χ2n) is 8.43. The molecule has 0 spiro atoms. The molecule has 2 atom stereocenters. The van der Waals surface area contributed by atoms with E-state index in [1.807, 2.05) is 0 Å². The van der Waals surface area contributed by atoms with Gasteiger partial charge in [0.2, 0.25) is 0 Å². The topological polar surface area (TPSA) is 78.5 Å². The Morgan fingerprint density at radius 3 is 2.42 bits per heavy atom. The van der Waals surface area contributed by atoms with Gasteiger partial charge in [-0.25, -0.2) is 8.42 Å². The van der Waals surface area contributed by atoms with Gasteiger partial charge in [-0.05, 0) is 61.6 Å². The van der Waals surface area contributed by atoms with Crippen LogP contribution in [-0.2, 0) is 10.0 Å². The Morgan fingerprint density at radius 2 is 1.77 bits per heavy atom. The summed E-state index contributed by atoms with van der Waals surface area (Å²) >= 11 is 6.26. The van der Waals surface area contributed by atoms with Crippen LogP contribution < -0.4 is 10.0 Å². The average molecular weight is 464 g/mol. The molecule has 0 saturated carbocycles. The van der Waals surface area contributed by atoms with Gasteiger partial charge in [-0.3, -0.25) is 9.52 Å². The number of nitrogens with one attached hydrogen (secondary N) is 2. The fourth-order valence-electron chi connectivity index (χ4n) is 4.15. The van der Waals surface area contributed by atoms with E-state index in [0.29, 0.717) is 17.8 Å². The van der Waals surface area contributed by atoms with Crippen LogP contribution in [0, 0.1) is 11.8 Å². The van der Waals surface area contributed by atoms with Gasteiger partial charge in [0, 0.05) is 19.6 Å². The zero-order valence-electron chi connectivity index (χ0n) is 18.0. The van der Waals surface area contributed by atoms with Gasteiger partial charge in [-0.1, -0.05) is 43.6 Å². The predicted molar refractivity (Wildman–Crippen MR) is 125 cm³/mol. The number of halogens is 1. The Hall–Kier alpha value is -2.09. The van der Waals surface area contributed by atoms with Gasteiger partial charge in [0.05, 0.1) is 21.2 Å². The van der Waals surface area contributed by atoms with E-state index >= 15 is 0 Å². The van der Waals surface area contributed by atoms with E-state index in [2.05, 4.69) is 28.8 Å². The highest BCUT2D eigenvalue weighted by Gasteiger charge is 2.21. The number of hydrogen-bond acceptors (Lipinski definition) is 4. The van der Waals surface area contributed by atoms with Crippen molar-refractivity contribution in [3.63, 3.8) is 0 Å². The standard InChI is InChI=1S/C23H30ClN3O3S/c1-17-13-18(2)16-27(15-17)12-6-11-25-23(28)21-10-9-19(14-22(21)24)26-31(29,30)20-7-4-3-5-8-20/h3-5,7-10,14,17-18,26H,6,11-13,15-16H2,1-2H3,(H,25,28)/t17-,18+. The molecule has 1 aliphatic heterocycles. The van der Waals surface area contributed by atoms with Crippen molar-refractivity contribution < 1.29 is 13.2 Å². The van der Waals surface area contributed by atoms with Crippen LogP contribution in [0.1, 0.15) is 37.0 Å². The van der Waals surface area contributed by atoms with Crippen LogP contribution >= 0.6 is 11.6 Å². The minimum Gasteiger partial charge on any atom is -0.352 e. The Morgan fingerprint density at radius 1 is 1.10 bits per heavy atom. The summed E-state index contributed by atoms with van der Waals surface area (Å²) in [4.78, 5) is 15.1. The summed E-state index contributed by atoms with van der Waals surface area (Å²) in [7, 11) is -3.71. The van der Waals surface area contributed by atoms with E-state index in [4.69, 9.17) is 11.6 Å². The molecule has 1 amide bonds. The fraction of sp³-hybridized carbons (Fsp3) is 0.435. The number of carbonyl (C=O) groups excluding carboxylic acids is 1. The van der Waals surface area contributed by atoms with Crippen LogP contribution in [0.5, 0.6) is 0 Å². The van der Waals surface area contributed by atoms with Gasteiger partial charge < -0.3 is 10.2 Å². The van der Waals surface area contributed by atoms with Gasteiger partial charge in [0.1, 0.15) is 0 Å². The lowest BCUT2D eigenvalue weighted by Crippen LogP contribution is -2.40. The molecule has 2 aromatic carbocycles. The molecule has 3 rings (SSSR count). The second kappa shape index (κ2) is 10.5. The Kier molecular flexibility index (Phi) is 7.97. The number of hydrogen-bond donors (Lipinski definition) is 2. The van der Waals surface area contributed by atoms with E-state index in [1.165, 1.54) is 36.8 Å². The molecule has 1 heterocycles. The van der Waals surface area contributed by atoms with Crippen molar-refractivity contribution in [1.82, 2.24) is 10.2 Å². The maximum absolute atomic E-state index is 12.5. The summed E-state index contributed by atoms with van der Waals surface area (Å²) < 4.78 is 27.4. The third-order valence-corrected chi connectivity index (χ3v) is 7.11. The first-order chi connectivity index (χ1) is 14.7. The van der Waals surface area contributed by atoms with Crippen LogP contribution in [0.2, 0.25) is 5.02 Å². The number of rotatable bonds is 8. The summed E-state index contributed by atoms with van der Waals surface area (Å²) in [6.45, 7) is 8.33. The van der Waals surface area contributed by atoms with E-state index in [0.717, 1.165) is 37.9 Å². The third kappa shape index (κ3) is 6.69. The molecular formula is C23H30ClN3O3S. The molecule has 1 saturated heterocycles. The number of amides is 1. The van der Waals surface area contributed by atoms with Crippen LogP contribution in [0.3, 0.4) is 0 Å². The third-order valence-electron chi connectivity index (χ3n) is 5.40. The minimum absolute atomic E-state index is 0.158. The summed E-state index contributed by atoms with van der Waals surface area (Å²) in [6.07, 6.45) is 2.15. The number of likely N-dealkylation sites (tertiary alicyclic amines) is 1. The van der Waals surface area contributed by atoms with Gasteiger partial charge in [0.25, 0.3) is 15.9 Å². The number of anilines is 1. The molecule has 168 valence electrons. The van der Waals surface area contributed by atoms with Crippen molar-refractivity contribution >= 4 is 33.2 Å². The molecule has 0 aliphatic carbocycles. The maximum Gasteiger partial charge on any atom is 0.261 e. The van der Waals surface area contributed by atoms with Crippen LogP contribution in [-0.4, -0.2) is 45.4 Å². The van der Waals surface area contributed by atoms with Crippen LogP contribution in [0.4, 0.5) is 5.69 Å². The van der Waals surface area contributed by atoms with Crippen molar-refractivity contribution in [1.29, 1.82) is 0 Å². The van der Waals surface area contributed by atoms with Crippen molar-refractivity contribution in [2.75, 3.05) is 30.9 Å². The molecule has 2 N–H and O–H groups in total. The molecule has 1 fully saturated rings. The maximum atomic E-state index is 12.5. The lowest BCUT2D eigenvalue weighted by molar-refractivity contribution is 0.0947. The van der Waals surface area contributed by atoms with Gasteiger partial charge >= 0.3 is 0 Å². The van der Waals surface area contributed by atoms with E-state index in [1.54, 1.807) is 18.2 Å². The molecule has 2 aromatic rings. The minimum atomic E-state index is -3.71. The van der Waals surface area contributed by atoms with Gasteiger partial charge in [0.15, 0.2) is 0 Å². The van der Waals surface area contributed by atoms with Crippen LogP contribution in [0.25, 0.3) is 0 Å². The zero-order chi connectivity index (χ0) is 22.4.